The first-order valence-electron chi connectivity index (χ1n) is 11.4. The van der Waals surface area contributed by atoms with Crippen molar-refractivity contribution in [3.05, 3.63) is 65.7 Å². The van der Waals surface area contributed by atoms with Crippen LogP contribution in [0.3, 0.4) is 0 Å². The van der Waals surface area contributed by atoms with E-state index in [0.717, 1.165) is 5.56 Å². The lowest BCUT2D eigenvalue weighted by atomic mass is 10.0. The molecule has 1 saturated heterocycles. The number of carbonyl (C=O) groups excluding carboxylic acids is 3. The van der Waals surface area contributed by atoms with Gasteiger partial charge in [0.15, 0.2) is 0 Å². The van der Waals surface area contributed by atoms with Crippen LogP contribution < -0.4 is 16.4 Å². The summed E-state index contributed by atoms with van der Waals surface area (Å²) in [5.41, 5.74) is 7.73. The highest BCUT2D eigenvalue weighted by Gasteiger charge is 2.37. The molecule has 0 aromatic heterocycles. The Balaban J connectivity index is 1.69. The van der Waals surface area contributed by atoms with E-state index < -0.39 is 42.5 Å². The summed E-state index contributed by atoms with van der Waals surface area (Å²) in [6.45, 7) is -0.212. The number of carbonyl (C=O) groups is 4. The predicted molar refractivity (Wildman–Crippen MR) is 127 cm³/mol. The highest BCUT2D eigenvalue weighted by molar-refractivity contribution is 5.94. The van der Waals surface area contributed by atoms with E-state index in [0.29, 0.717) is 31.4 Å². The SMILES string of the molecule is NC(Cc1ccccc1)C(=O)N1CCCC1C(=O)NC(Cc1ccc(O)cc1)C(=O)NCC(=O)O. The molecular weight excluding hydrogens is 452 g/mol. The monoisotopic (exact) mass is 482 g/mol. The van der Waals surface area contributed by atoms with Gasteiger partial charge in [-0.1, -0.05) is 42.5 Å². The fourth-order valence-corrected chi connectivity index (χ4v) is 4.10. The summed E-state index contributed by atoms with van der Waals surface area (Å²) in [5.74, 6) is -2.66. The Hall–Kier alpha value is -3.92. The molecular formula is C25H30N4O6. The maximum absolute atomic E-state index is 13.2. The number of nitrogens with two attached hydrogens (primary N) is 1. The van der Waals surface area contributed by atoms with Gasteiger partial charge in [-0.25, -0.2) is 0 Å². The number of aliphatic carboxylic acids is 1. The maximum Gasteiger partial charge on any atom is 0.322 e. The molecule has 0 bridgehead atoms. The third kappa shape index (κ3) is 7.28. The van der Waals surface area contributed by atoms with Gasteiger partial charge in [-0.15, -0.1) is 0 Å². The van der Waals surface area contributed by atoms with Crippen molar-refractivity contribution in [1.82, 2.24) is 15.5 Å². The Labute approximate surface area is 203 Å². The van der Waals surface area contributed by atoms with Gasteiger partial charge < -0.3 is 31.5 Å². The molecule has 0 spiro atoms. The van der Waals surface area contributed by atoms with Crippen LogP contribution in [0.2, 0.25) is 0 Å². The lowest BCUT2D eigenvalue weighted by Gasteiger charge is -2.28. The Bertz CT molecular complexity index is 1040. The van der Waals surface area contributed by atoms with Gasteiger partial charge in [0, 0.05) is 13.0 Å². The van der Waals surface area contributed by atoms with Crippen LogP contribution in [0.4, 0.5) is 0 Å². The first kappa shape index (κ1) is 25.7. The molecule has 0 radical (unpaired) electrons. The quantitative estimate of drug-likeness (QED) is 0.323. The van der Waals surface area contributed by atoms with E-state index in [1.54, 1.807) is 12.1 Å². The van der Waals surface area contributed by atoms with Crippen molar-refractivity contribution in [2.24, 2.45) is 5.73 Å². The molecule has 1 fully saturated rings. The van der Waals surface area contributed by atoms with E-state index >= 15 is 0 Å². The van der Waals surface area contributed by atoms with Gasteiger partial charge in [-0.3, -0.25) is 19.2 Å². The van der Waals surface area contributed by atoms with Crippen LogP contribution in [-0.4, -0.2) is 70.0 Å². The van der Waals surface area contributed by atoms with E-state index in [4.69, 9.17) is 10.8 Å². The molecule has 0 saturated carbocycles. The fourth-order valence-electron chi connectivity index (χ4n) is 4.10. The van der Waals surface area contributed by atoms with Crippen LogP contribution >= 0.6 is 0 Å². The topological polar surface area (TPSA) is 162 Å². The second kappa shape index (κ2) is 12.0. The van der Waals surface area contributed by atoms with Gasteiger partial charge >= 0.3 is 5.97 Å². The molecule has 2 aromatic carbocycles. The van der Waals surface area contributed by atoms with Gasteiger partial charge in [0.2, 0.25) is 17.7 Å². The van der Waals surface area contributed by atoms with Crippen LogP contribution in [0.25, 0.3) is 0 Å². The summed E-state index contributed by atoms with van der Waals surface area (Å²) in [6, 6.07) is 12.8. The zero-order valence-electron chi connectivity index (χ0n) is 19.2. The third-order valence-electron chi connectivity index (χ3n) is 5.88. The third-order valence-corrected chi connectivity index (χ3v) is 5.88. The number of hydrogen-bond acceptors (Lipinski definition) is 6. The molecule has 1 aliphatic rings. The van der Waals surface area contributed by atoms with Crippen molar-refractivity contribution < 1.29 is 29.4 Å². The molecule has 186 valence electrons. The molecule has 1 heterocycles. The van der Waals surface area contributed by atoms with E-state index in [9.17, 15) is 24.3 Å². The number of nitrogens with zero attached hydrogens (tertiary/aromatic N) is 1. The van der Waals surface area contributed by atoms with Crippen molar-refractivity contribution >= 4 is 23.7 Å². The zero-order valence-corrected chi connectivity index (χ0v) is 19.2. The second-order valence-electron chi connectivity index (χ2n) is 8.53. The van der Waals surface area contributed by atoms with Crippen LogP contribution in [-0.2, 0) is 32.0 Å². The Morgan fingerprint density at radius 2 is 1.66 bits per heavy atom. The molecule has 0 aliphatic carbocycles. The number of carboxylic acid groups (broad SMARTS) is 1. The largest absolute Gasteiger partial charge is 0.508 e. The summed E-state index contributed by atoms with van der Waals surface area (Å²) >= 11 is 0. The van der Waals surface area contributed by atoms with Gasteiger partial charge in [0.25, 0.3) is 0 Å². The maximum atomic E-state index is 13.2. The molecule has 3 rings (SSSR count). The highest BCUT2D eigenvalue weighted by Crippen LogP contribution is 2.20. The van der Waals surface area contributed by atoms with Crippen LogP contribution in [0.1, 0.15) is 24.0 Å². The first-order valence-corrected chi connectivity index (χ1v) is 11.4. The Kier molecular flexibility index (Phi) is 8.80. The number of nitrogens with one attached hydrogen (secondary N) is 2. The highest BCUT2D eigenvalue weighted by atomic mass is 16.4. The number of rotatable bonds is 10. The normalized spacial score (nSPS) is 16.8. The van der Waals surface area contributed by atoms with Gasteiger partial charge in [0.1, 0.15) is 24.4 Å². The van der Waals surface area contributed by atoms with E-state index in [2.05, 4.69) is 10.6 Å². The lowest BCUT2D eigenvalue weighted by molar-refractivity contribution is -0.141. The molecule has 3 atom stereocenters. The Morgan fingerprint density at radius 1 is 1.00 bits per heavy atom. The predicted octanol–water partition coefficient (Wildman–Crippen LogP) is 0.181. The Morgan fingerprint density at radius 3 is 2.31 bits per heavy atom. The molecule has 3 amide bonds. The number of carboxylic acids is 1. The number of hydrogen-bond donors (Lipinski definition) is 5. The van der Waals surface area contributed by atoms with Crippen LogP contribution in [0, 0.1) is 0 Å². The minimum absolute atomic E-state index is 0.0524. The van der Waals surface area contributed by atoms with Crippen molar-refractivity contribution in [3.8, 4) is 5.75 Å². The summed E-state index contributed by atoms with van der Waals surface area (Å²) in [4.78, 5) is 51.2. The van der Waals surface area contributed by atoms with Crippen molar-refractivity contribution in [1.29, 1.82) is 0 Å². The van der Waals surface area contributed by atoms with E-state index in [1.807, 2.05) is 30.3 Å². The van der Waals surface area contributed by atoms with Crippen LogP contribution in [0.5, 0.6) is 5.75 Å². The molecule has 10 nitrogen and oxygen atoms in total. The van der Waals surface area contributed by atoms with Gasteiger partial charge in [-0.2, -0.15) is 0 Å². The van der Waals surface area contributed by atoms with Gasteiger partial charge in [0.05, 0.1) is 6.04 Å². The summed E-state index contributed by atoms with van der Waals surface area (Å²) in [7, 11) is 0. The zero-order chi connectivity index (χ0) is 25.4. The minimum atomic E-state index is -1.21. The average molecular weight is 483 g/mol. The number of phenols is 1. The van der Waals surface area contributed by atoms with Crippen molar-refractivity contribution in [2.75, 3.05) is 13.1 Å². The molecule has 6 N–H and O–H groups in total. The summed E-state index contributed by atoms with van der Waals surface area (Å²) in [6.07, 6.45) is 1.46. The standard InChI is InChI=1S/C25H30N4O6/c26-19(13-16-5-2-1-3-6-16)25(35)29-12-4-7-21(29)24(34)28-20(23(33)27-15-22(31)32)14-17-8-10-18(30)11-9-17/h1-3,5-6,8-11,19-21,30H,4,7,12-15,26H2,(H,27,33)(H,28,34)(H,31,32). The molecule has 35 heavy (non-hydrogen) atoms. The second-order valence-corrected chi connectivity index (χ2v) is 8.53. The van der Waals surface area contributed by atoms with E-state index in [1.165, 1.54) is 17.0 Å². The fraction of sp³-hybridized carbons (Fsp3) is 0.360. The number of phenolic OH excluding ortho intramolecular Hbond substituents is 1. The number of likely N-dealkylation sites (tertiary alicyclic amines) is 1. The molecule has 10 heteroatoms. The summed E-state index contributed by atoms with van der Waals surface area (Å²) in [5, 5.41) is 23.3. The summed E-state index contributed by atoms with van der Waals surface area (Å²) < 4.78 is 0. The van der Waals surface area contributed by atoms with Crippen molar-refractivity contribution in [3.63, 3.8) is 0 Å². The number of aromatic hydroxyl groups is 1. The van der Waals surface area contributed by atoms with Crippen molar-refractivity contribution in [2.45, 2.75) is 43.8 Å². The average Bonchev–Trinajstić information content (AvgIpc) is 3.33. The van der Waals surface area contributed by atoms with E-state index in [-0.39, 0.29) is 18.1 Å². The minimum Gasteiger partial charge on any atom is -0.508 e. The molecule has 2 aromatic rings. The lowest BCUT2D eigenvalue weighted by Crippen LogP contribution is -2.56. The van der Waals surface area contributed by atoms with Gasteiger partial charge in [-0.05, 0) is 42.5 Å². The smallest absolute Gasteiger partial charge is 0.322 e. The van der Waals surface area contributed by atoms with Crippen LogP contribution in [0.15, 0.2) is 54.6 Å². The molecule has 3 unspecified atom stereocenters. The first-order chi connectivity index (χ1) is 16.7. The number of amides is 3. The number of benzene rings is 2. The molecule has 1 aliphatic heterocycles.